The fraction of sp³-hybridized carbons (Fsp3) is 0.273. The smallest absolute Gasteiger partial charge is 0.330 e. The van der Waals surface area contributed by atoms with Gasteiger partial charge in [0.1, 0.15) is 18.3 Å². The molecule has 0 aliphatic carbocycles. The molecule has 0 radical (unpaired) electrons. The standard InChI is InChI=1S/C22H22N2O6/c25-12-16-18(26)19(27)21(30-16)24-11-15(20(28)23-22(24)29)17(13-7-3-1-4-8-13)14-9-5-2-6-10-14/h1-11,16-19,21,25-27H,12H2,(H,23,28,29)/t16-,18-,19-,21-/m1/s1. The first-order valence-corrected chi connectivity index (χ1v) is 9.59. The first kappa shape index (κ1) is 20.2. The van der Waals surface area contributed by atoms with Crippen LogP contribution in [0.15, 0.2) is 76.4 Å². The van der Waals surface area contributed by atoms with Crippen molar-refractivity contribution in [2.75, 3.05) is 6.61 Å². The zero-order chi connectivity index (χ0) is 21.3. The molecule has 1 saturated heterocycles. The number of hydrogen-bond donors (Lipinski definition) is 4. The second kappa shape index (κ2) is 8.37. The van der Waals surface area contributed by atoms with Crippen molar-refractivity contribution in [3.63, 3.8) is 0 Å². The molecule has 0 saturated carbocycles. The molecule has 1 fully saturated rings. The third-order valence-electron chi connectivity index (χ3n) is 5.36. The number of rotatable bonds is 5. The van der Waals surface area contributed by atoms with Crippen LogP contribution < -0.4 is 11.2 Å². The van der Waals surface area contributed by atoms with Crippen LogP contribution in [0.1, 0.15) is 28.8 Å². The topological polar surface area (TPSA) is 125 Å². The average Bonchev–Trinajstić information content (AvgIpc) is 3.05. The number of aliphatic hydroxyl groups is 3. The van der Waals surface area contributed by atoms with E-state index in [1.54, 1.807) is 0 Å². The number of ether oxygens (including phenoxy) is 1. The largest absolute Gasteiger partial charge is 0.394 e. The molecule has 1 aliphatic rings. The van der Waals surface area contributed by atoms with Gasteiger partial charge in [-0.05, 0) is 11.1 Å². The molecule has 4 rings (SSSR count). The SMILES string of the molecule is O=c1[nH]c(=O)n([C@@H]2O[C@H](CO)[C@@H](O)[C@H]2O)cc1C(c1ccccc1)c1ccccc1. The molecule has 1 aromatic heterocycles. The third-order valence-corrected chi connectivity index (χ3v) is 5.36. The Labute approximate surface area is 171 Å². The van der Waals surface area contributed by atoms with Crippen molar-refractivity contribution in [2.45, 2.75) is 30.5 Å². The minimum atomic E-state index is -1.44. The molecule has 0 bridgehead atoms. The summed E-state index contributed by atoms with van der Waals surface area (Å²) in [6.45, 7) is -0.518. The molecule has 1 aliphatic heterocycles. The van der Waals surface area contributed by atoms with Crippen LogP contribution in [0, 0.1) is 0 Å². The lowest BCUT2D eigenvalue weighted by Gasteiger charge is -2.22. The van der Waals surface area contributed by atoms with Gasteiger partial charge >= 0.3 is 5.69 Å². The van der Waals surface area contributed by atoms with Gasteiger partial charge in [-0.15, -0.1) is 0 Å². The van der Waals surface area contributed by atoms with Gasteiger partial charge in [0.2, 0.25) is 0 Å². The second-order valence-corrected chi connectivity index (χ2v) is 7.23. The van der Waals surface area contributed by atoms with E-state index in [4.69, 9.17) is 4.74 Å². The van der Waals surface area contributed by atoms with Gasteiger partial charge in [0.15, 0.2) is 6.23 Å². The Morgan fingerprint density at radius 3 is 2.00 bits per heavy atom. The molecule has 0 spiro atoms. The first-order valence-electron chi connectivity index (χ1n) is 9.59. The number of aliphatic hydroxyl groups excluding tert-OH is 3. The molecule has 4 N–H and O–H groups in total. The summed E-state index contributed by atoms with van der Waals surface area (Å²) in [5.41, 5.74) is 0.644. The van der Waals surface area contributed by atoms with E-state index in [2.05, 4.69) is 4.98 Å². The number of aromatic nitrogens is 2. The Balaban J connectivity index is 1.86. The Morgan fingerprint density at radius 1 is 0.933 bits per heavy atom. The van der Waals surface area contributed by atoms with Crippen LogP contribution in [0.2, 0.25) is 0 Å². The number of benzene rings is 2. The molecule has 8 nitrogen and oxygen atoms in total. The summed E-state index contributed by atoms with van der Waals surface area (Å²) in [6, 6.07) is 18.7. The van der Waals surface area contributed by atoms with E-state index in [-0.39, 0.29) is 5.56 Å². The van der Waals surface area contributed by atoms with Gasteiger partial charge < -0.3 is 20.1 Å². The average molecular weight is 410 g/mol. The molecular weight excluding hydrogens is 388 g/mol. The maximum absolute atomic E-state index is 12.8. The molecule has 8 heteroatoms. The molecule has 4 atom stereocenters. The molecular formula is C22H22N2O6. The number of nitrogens with one attached hydrogen (secondary N) is 1. The number of aromatic amines is 1. The van der Waals surface area contributed by atoms with Crippen molar-refractivity contribution >= 4 is 0 Å². The lowest BCUT2D eigenvalue weighted by molar-refractivity contribution is -0.0551. The van der Waals surface area contributed by atoms with E-state index >= 15 is 0 Å². The van der Waals surface area contributed by atoms with E-state index < -0.39 is 48.3 Å². The zero-order valence-electron chi connectivity index (χ0n) is 16.0. The Hall–Kier alpha value is -3.04. The fourth-order valence-electron chi connectivity index (χ4n) is 3.85. The maximum Gasteiger partial charge on any atom is 0.330 e. The van der Waals surface area contributed by atoms with Gasteiger partial charge in [-0.1, -0.05) is 60.7 Å². The van der Waals surface area contributed by atoms with E-state index in [0.29, 0.717) is 0 Å². The summed E-state index contributed by atoms with van der Waals surface area (Å²) in [5, 5.41) is 29.7. The van der Waals surface area contributed by atoms with Gasteiger partial charge in [0.05, 0.1) is 6.61 Å². The van der Waals surface area contributed by atoms with E-state index in [1.807, 2.05) is 60.7 Å². The van der Waals surface area contributed by atoms with Gasteiger partial charge in [0.25, 0.3) is 5.56 Å². The normalized spacial score (nSPS) is 23.7. The Kier molecular flexibility index (Phi) is 5.65. The maximum atomic E-state index is 12.8. The predicted molar refractivity (Wildman–Crippen MR) is 108 cm³/mol. The van der Waals surface area contributed by atoms with Crippen molar-refractivity contribution in [3.8, 4) is 0 Å². The van der Waals surface area contributed by atoms with Crippen molar-refractivity contribution in [2.24, 2.45) is 0 Å². The lowest BCUT2D eigenvalue weighted by atomic mass is 9.86. The van der Waals surface area contributed by atoms with Crippen LogP contribution in [-0.4, -0.2) is 49.8 Å². The number of hydrogen-bond acceptors (Lipinski definition) is 6. The number of nitrogens with zero attached hydrogens (tertiary/aromatic N) is 1. The molecule has 2 heterocycles. The predicted octanol–water partition coefficient (Wildman–Crippen LogP) is 0.328. The highest BCUT2D eigenvalue weighted by Crippen LogP contribution is 2.32. The van der Waals surface area contributed by atoms with Crippen LogP contribution in [-0.2, 0) is 4.74 Å². The van der Waals surface area contributed by atoms with Crippen LogP contribution in [0.4, 0.5) is 0 Å². The van der Waals surface area contributed by atoms with Crippen molar-refractivity contribution in [1.82, 2.24) is 9.55 Å². The summed E-state index contributed by atoms with van der Waals surface area (Å²) in [6.07, 6.45) is -3.72. The molecule has 3 aromatic rings. The summed E-state index contributed by atoms with van der Waals surface area (Å²) in [7, 11) is 0. The van der Waals surface area contributed by atoms with Crippen LogP contribution in [0.25, 0.3) is 0 Å². The van der Waals surface area contributed by atoms with Gasteiger partial charge in [-0.2, -0.15) is 0 Å². The highest BCUT2D eigenvalue weighted by Gasteiger charge is 2.44. The molecule has 156 valence electrons. The van der Waals surface area contributed by atoms with Crippen LogP contribution in [0.5, 0.6) is 0 Å². The first-order chi connectivity index (χ1) is 14.5. The summed E-state index contributed by atoms with van der Waals surface area (Å²) in [5.74, 6) is -0.472. The van der Waals surface area contributed by atoms with E-state index in [0.717, 1.165) is 15.7 Å². The Bertz CT molecular complexity index is 1070. The zero-order valence-corrected chi connectivity index (χ0v) is 16.0. The van der Waals surface area contributed by atoms with Gasteiger partial charge in [0, 0.05) is 17.7 Å². The van der Waals surface area contributed by atoms with Gasteiger partial charge in [-0.25, -0.2) is 4.79 Å². The Morgan fingerprint density at radius 2 is 1.50 bits per heavy atom. The number of H-pyrrole nitrogens is 1. The summed E-state index contributed by atoms with van der Waals surface area (Å²) < 4.78 is 6.53. The van der Waals surface area contributed by atoms with Crippen LogP contribution >= 0.6 is 0 Å². The monoisotopic (exact) mass is 410 g/mol. The van der Waals surface area contributed by atoms with Crippen molar-refractivity contribution in [3.05, 3.63) is 104 Å². The highest BCUT2D eigenvalue weighted by atomic mass is 16.6. The molecule has 2 aromatic carbocycles. The van der Waals surface area contributed by atoms with Crippen molar-refractivity contribution < 1.29 is 20.1 Å². The molecule has 30 heavy (non-hydrogen) atoms. The summed E-state index contributed by atoms with van der Waals surface area (Å²) >= 11 is 0. The van der Waals surface area contributed by atoms with Gasteiger partial charge in [-0.3, -0.25) is 14.3 Å². The minimum absolute atomic E-state index is 0.282. The highest BCUT2D eigenvalue weighted by molar-refractivity contribution is 5.41. The molecule has 0 amide bonds. The lowest BCUT2D eigenvalue weighted by Crippen LogP contribution is -2.39. The summed E-state index contributed by atoms with van der Waals surface area (Å²) in [4.78, 5) is 27.6. The van der Waals surface area contributed by atoms with E-state index in [1.165, 1.54) is 6.20 Å². The quantitative estimate of drug-likeness (QED) is 0.480. The second-order valence-electron chi connectivity index (χ2n) is 7.23. The third kappa shape index (κ3) is 3.61. The fourth-order valence-corrected chi connectivity index (χ4v) is 3.85. The minimum Gasteiger partial charge on any atom is -0.394 e. The van der Waals surface area contributed by atoms with E-state index in [9.17, 15) is 24.9 Å². The molecule has 0 unspecified atom stereocenters. The van der Waals surface area contributed by atoms with Crippen molar-refractivity contribution in [1.29, 1.82) is 0 Å². The van der Waals surface area contributed by atoms with Crippen LogP contribution in [0.3, 0.4) is 0 Å².